The van der Waals surface area contributed by atoms with Crippen LogP contribution in [0.4, 0.5) is 9.18 Å². The highest BCUT2D eigenvalue weighted by molar-refractivity contribution is 6.56. The molecule has 1 aromatic rings. The van der Waals surface area contributed by atoms with Crippen LogP contribution in [0.5, 0.6) is 0 Å². The van der Waals surface area contributed by atoms with Gasteiger partial charge in [-0.15, -0.1) is 0 Å². The van der Waals surface area contributed by atoms with Gasteiger partial charge in [0.25, 0.3) is 0 Å². The normalized spacial score (nSPS) is 18.3. The van der Waals surface area contributed by atoms with E-state index in [0.717, 1.165) is 6.07 Å². The molecule has 30 heavy (non-hydrogen) atoms. The lowest BCUT2D eigenvalue weighted by Gasteiger charge is -2.32. The van der Waals surface area contributed by atoms with Gasteiger partial charge in [-0.2, -0.15) is 0 Å². The number of benzene rings is 1. The minimum atomic E-state index is -1.35. The van der Waals surface area contributed by atoms with E-state index >= 15 is 0 Å². The van der Waals surface area contributed by atoms with Crippen molar-refractivity contribution in [3.05, 3.63) is 40.6 Å². The third kappa shape index (κ3) is 5.83. The number of aromatic carboxylic acids is 1. The summed E-state index contributed by atoms with van der Waals surface area (Å²) in [7, 11) is -0.785. The lowest BCUT2D eigenvalue weighted by molar-refractivity contribution is 0.00578. The maximum atomic E-state index is 14.1. The quantitative estimate of drug-likeness (QED) is 0.697. The Labute approximate surface area is 176 Å². The largest absolute Gasteiger partial charge is 0.492 e. The first-order valence-electron chi connectivity index (χ1n) is 9.67. The number of alkyl carbamates (subject to hydrolysis) is 1. The third-order valence-electron chi connectivity index (χ3n) is 4.97. The SMILES string of the molecule is CC(C)(C)OC(=O)NCC(=Cc1ccc(C(=O)O)c(F)c1)B1OC(C)(C)C(C)(C)O1. The van der Waals surface area contributed by atoms with E-state index < -0.39 is 47.4 Å². The molecule has 1 amide bonds. The first kappa shape index (κ1) is 23.9. The van der Waals surface area contributed by atoms with E-state index in [2.05, 4.69) is 5.32 Å². The molecule has 0 radical (unpaired) electrons. The van der Waals surface area contributed by atoms with Crippen molar-refractivity contribution in [2.75, 3.05) is 6.54 Å². The van der Waals surface area contributed by atoms with Crippen molar-refractivity contribution in [1.82, 2.24) is 5.32 Å². The molecule has 1 heterocycles. The molecule has 1 aromatic carbocycles. The van der Waals surface area contributed by atoms with Crippen LogP contribution in [0.25, 0.3) is 6.08 Å². The topological polar surface area (TPSA) is 94.1 Å². The lowest BCUT2D eigenvalue weighted by Crippen LogP contribution is -2.41. The number of hydrogen-bond donors (Lipinski definition) is 2. The van der Waals surface area contributed by atoms with Gasteiger partial charge in [0.2, 0.25) is 0 Å². The second-order valence-electron chi connectivity index (χ2n) is 9.21. The summed E-state index contributed by atoms with van der Waals surface area (Å²) < 4.78 is 31.5. The number of amides is 1. The number of rotatable bonds is 5. The molecule has 1 aliphatic heterocycles. The lowest BCUT2D eigenvalue weighted by atomic mass is 9.77. The van der Waals surface area contributed by atoms with Crippen molar-refractivity contribution in [1.29, 1.82) is 0 Å². The molecule has 0 aromatic heterocycles. The van der Waals surface area contributed by atoms with E-state index in [-0.39, 0.29) is 6.54 Å². The van der Waals surface area contributed by atoms with Gasteiger partial charge in [-0.25, -0.2) is 14.0 Å². The van der Waals surface area contributed by atoms with Gasteiger partial charge in [-0.3, -0.25) is 0 Å². The van der Waals surface area contributed by atoms with Crippen LogP contribution in [-0.2, 0) is 14.0 Å². The molecule has 1 saturated heterocycles. The molecule has 9 heteroatoms. The average molecular weight is 421 g/mol. The second kappa shape index (κ2) is 8.39. The van der Waals surface area contributed by atoms with Gasteiger partial charge in [0.05, 0.1) is 16.8 Å². The number of carboxylic acid groups (broad SMARTS) is 1. The summed E-state index contributed by atoms with van der Waals surface area (Å²) in [6, 6.07) is 3.78. The van der Waals surface area contributed by atoms with Crippen LogP contribution < -0.4 is 5.32 Å². The highest BCUT2D eigenvalue weighted by Crippen LogP contribution is 2.38. The Morgan fingerprint density at radius 3 is 2.23 bits per heavy atom. The number of ether oxygens (including phenoxy) is 1. The molecule has 0 saturated carbocycles. The molecule has 1 aliphatic rings. The first-order valence-corrected chi connectivity index (χ1v) is 9.67. The molecule has 7 nitrogen and oxygen atoms in total. The zero-order valence-electron chi connectivity index (χ0n) is 18.5. The van der Waals surface area contributed by atoms with Crippen LogP contribution in [0.1, 0.15) is 64.4 Å². The van der Waals surface area contributed by atoms with Crippen molar-refractivity contribution >= 4 is 25.3 Å². The molecular formula is C21H29BFNO6. The minimum Gasteiger partial charge on any atom is -0.478 e. The fourth-order valence-electron chi connectivity index (χ4n) is 2.69. The minimum absolute atomic E-state index is 0.0358. The van der Waals surface area contributed by atoms with Crippen molar-refractivity contribution in [2.24, 2.45) is 0 Å². The van der Waals surface area contributed by atoms with Crippen LogP contribution in [0, 0.1) is 5.82 Å². The van der Waals surface area contributed by atoms with Gasteiger partial charge in [0.15, 0.2) is 0 Å². The molecule has 2 N–H and O–H groups in total. The first-order chi connectivity index (χ1) is 13.6. The number of halogens is 1. The van der Waals surface area contributed by atoms with Crippen LogP contribution in [0.15, 0.2) is 23.7 Å². The Morgan fingerprint density at radius 2 is 1.77 bits per heavy atom. The Kier molecular flexibility index (Phi) is 6.68. The highest BCUT2D eigenvalue weighted by Gasteiger charge is 2.52. The zero-order valence-corrected chi connectivity index (χ0v) is 18.5. The molecule has 0 aliphatic carbocycles. The summed E-state index contributed by atoms with van der Waals surface area (Å²) in [5, 5.41) is 11.7. The maximum absolute atomic E-state index is 14.1. The smallest absolute Gasteiger partial charge is 0.478 e. The monoisotopic (exact) mass is 421 g/mol. The number of carbonyl (C=O) groups is 2. The fraction of sp³-hybridized carbons (Fsp3) is 0.524. The average Bonchev–Trinajstić information content (AvgIpc) is 2.77. The van der Waals surface area contributed by atoms with Gasteiger partial charge in [0, 0.05) is 6.54 Å². The van der Waals surface area contributed by atoms with Crippen molar-refractivity contribution in [2.45, 2.75) is 65.3 Å². The van der Waals surface area contributed by atoms with E-state index in [1.807, 2.05) is 27.7 Å². The van der Waals surface area contributed by atoms with Crippen LogP contribution >= 0.6 is 0 Å². The molecule has 164 valence electrons. The molecule has 2 rings (SSSR count). The molecule has 0 bridgehead atoms. The van der Waals surface area contributed by atoms with Gasteiger partial charge in [-0.1, -0.05) is 12.1 Å². The molecular weight excluding hydrogens is 392 g/mol. The van der Waals surface area contributed by atoms with E-state index in [1.54, 1.807) is 26.8 Å². The zero-order chi connectivity index (χ0) is 22.9. The van der Waals surface area contributed by atoms with Gasteiger partial charge >= 0.3 is 19.2 Å². The maximum Gasteiger partial charge on any atom is 0.492 e. The number of carbonyl (C=O) groups excluding carboxylic acids is 1. The van der Waals surface area contributed by atoms with E-state index in [0.29, 0.717) is 11.0 Å². The summed E-state index contributed by atoms with van der Waals surface area (Å²) in [5.74, 6) is -2.20. The Morgan fingerprint density at radius 1 is 1.20 bits per heavy atom. The number of hydrogen-bond acceptors (Lipinski definition) is 5. The molecule has 0 atom stereocenters. The van der Waals surface area contributed by atoms with Gasteiger partial charge in [-0.05, 0) is 71.6 Å². The van der Waals surface area contributed by atoms with Gasteiger partial charge < -0.3 is 24.5 Å². The van der Waals surface area contributed by atoms with Crippen molar-refractivity contribution in [3.8, 4) is 0 Å². The van der Waals surface area contributed by atoms with Gasteiger partial charge in [0.1, 0.15) is 11.4 Å². The van der Waals surface area contributed by atoms with Crippen molar-refractivity contribution in [3.63, 3.8) is 0 Å². The summed E-state index contributed by atoms with van der Waals surface area (Å²) in [6.45, 7) is 12.9. The summed E-state index contributed by atoms with van der Waals surface area (Å²) >= 11 is 0. The Balaban J connectivity index is 2.32. The summed E-state index contributed by atoms with van der Waals surface area (Å²) in [5.41, 5.74) is -1.36. The fourth-order valence-corrected chi connectivity index (χ4v) is 2.69. The molecule has 1 fully saturated rings. The van der Waals surface area contributed by atoms with E-state index in [1.165, 1.54) is 12.1 Å². The molecule has 0 unspecified atom stereocenters. The summed E-state index contributed by atoms with van der Waals surface area (Å²) in [4.78, 5) is 23.1. The predicted molar refractivity (Wildman–Crippen MR) is 112 cm³/mol. The van der Waals surface area contributed by atoms with Crippen LogP contribution in [-0.4, -0.2) is 47.6 Å². The second-order valence-corrected chi connectivity index (χ2v) is 9.21. The van der Waals surface area contributed by atoms with Crippen LogP contribution in [0.2, 0.25) is 0 Å². The number of carboxylic acids is 1. The van der Waals surface area contributed by atoms with E-state index in [9.17, 15) is 14.0 Å². The third-order valence-corrected chi connectivity index (χ3v) is 4.97. The number of nitrogens with one attached hydrogen (secondary N) is 1. The Hall–Kier alpha value is -2.39. The Bertz CT molecular complexity index is 844. The highest BCUT2D eigenvalue weighted by atomic mass is 19.1. The van der Waals surface area contributed by atoms with Crippen LogP contribution in [0.3, 0.4) is 0 Å². The van der Waals surface area contributed by atoms with E-state index in [4.69, 9.17) is 19.2 Å². The molecule has 0 spiro atoms. The predicted octanol–water partition coefficient (Wildman–Crippen LogP) is 4.06. The standard InChI is InChI=1S/C21H29BFNO6/c1-19(2,3)28-18(27)24-12-14(22-29-20(4,5)21(6,7)30-22)10-13-8-9-15(17(25)26)16(23)11-13/h8-11H,12H2,1-7H3,(H,24,27)(H,25,26). The summed E-state index contributed by atoms with van der Waals surface area (Å²) in [6.07, 6.45) is 0.992. The van der Waals surface area contributed by atoms with Crippen molar-refractivity contribution < 1.29 is 33.1 Å².